The van der Waals surface area contributed by atoms with Gasteiger partial charge in [0, 0.05) is 27.1 Å². The minimum absolute atomic E-state index is 0.0292. The summed E-state index contributed by atoms with van der Waals surface area (Å²) in [4.78, 5) is 30.7. The Morgan fingerprint density at radius 2 is 2.11 bits per heavy atom. The number of carbonyl (C=O) groups is 1. The highest BCUT2D eigenvalue weighted by atomic mass is 16.6. The number of aryl methyl sites for hydroxylation is 1. The summed E-state index contributed by atoms with van der Waals surface area (Å²) in [6, 6.07) is 0. The van der Waals surface area contributed by atoms with Gasteiger partial charge in [-0.05, 0) is 6.92 Å². The van der Waals surface area contributed by atoms with Crippen molar-refractivity contribution in [2.24, 2.45) is 0 Å². The van der Waals surface area contributed by atoms with E-state index in [1.807, 2.05) is 0 Å². The highest BCUT2D eigenvalue weighted by Gasteiger charge is 2.21. The fraction of sp³-hybridized carbons (Fsp3) is 0.500. The normalized spacial score (nSPS) is 10.1. The summed E-state index contributed by atoms with van der Waals surface area (Å²) in [6.45, 7) is 1.71. The van der Waals surface area contributed by atoms with E-state index in [0.717, 1.165) is 0 Å². The van der Waals surface area contributed by atoms with E-state index in [-0.39, 0.29) is 42.0 Å². The Kier molecular flexibility index (Phi) is 4.56. The first-order valence-electron chi connectivity index (χ1n) is 5.55. The molecule has 1 amide bonds. The zero-order valence-corrected chi connectivity index (χ0v) is 11.0. The fourth-order valence-corrected chi connectivity index (χ4v) is 1.44. The highest BCUT2D eigenvalue weighted by Crippen LogP contribution is 2.25. The number of nitrogens with two attached hydrogens (primary N) is 1. The van der Waals surface area contributed by atoms with Crippen LogP contribution in [-0.2, 0) is 4.79 Å². The summed E-state index contributed by atoms with van der Waals surface area (Å²) in [5.74, 6) is -0.111. The second-order valence-corrected chi connectivity index (χ2v) is 4.09. The van der Waals surface area contributed by atoms with Gasteiger partial charge in [0.2, 0.25) is 17.7 Å². The van der Waals surface area contributed by atoms with Crippen molar-refractivity contribution in [2.45, 2.75) is 13.3 Å². The third-order valence-corrected chi connectivity index (χ3v) is 2.39. The van der Waals surface area contributed by atoms with Gasteiger partial charge >= 0.3 is 5.69 Å². The summed E-state index contributed by atoms with van der Waals surface area (Å²) in [5.41, 5.74) is 5.40. The maximum absolute atomic E-state index is 11.4. The number of nitrogens with zero attached hydrogens (tertiary/aromatic N) is 4. The van der Waals surface area contributed by atoms with Crippen molar-refractivity contribution in [3.8, 4) is 0 Å². The van der Waals surface area contributed by atoms with Crippen molar-refractivity contribution in [1.82, 2.24) is 14.9 Å². The van der Waals surface area contributed by atoms with Crippen molar-refractivity contribution < 1.29 is 9.72 Å². The van der Waals surface area contributed by atoms with E-state index in [1.54, 1.807) is 14.1 Å². The first-order valence-corrected chi connectivity index (χ1v) is 5.55. The Labute approximate surface area is 110 Å². The van der Waals surface area contributed by atoms with Crippen molar-refractivity contribution in [1.29, 1.82) is 0 Å². The Bertz CT molecular complexity index is 502. The SMILES string of the molecule is Cc1nc(N)nc(NCCC(=O)N(C)C)c1[N+](=O)[O-]. The summed E-state index contributed by atoms with van der Waals surface area (Å²) in [5, 5.41) is 13.7. The molecule has 1 aromatic heterocycles. The molecule has 19 heavy (non-hydrogen) atoms. The number of nitrogen functional groups attached to an aromatic ring is 1. The Morgan fingerprint density at radius 3 is 2.63 bits per heavy atom. The van der Waals surface area contributed by atoms with Crippen molar-refractivity contribution >= 4 is 23.4 Å². The third kappa shape index (κ3) is 3.76. The number of hydrogen-bond donors (Lipinski definition) is 2. The topological polar surface area (TPSA) is 127 Å². The second kappa shape index (κ2) is 5.94. The number of nitro groups is 1. The molecule has 0 saturated heterocycles. The van der Waals surface area contributed by atoms with Crippen LogP contribution in [-0.4, -0.2) is 46.3 Å². The Balaban J connectivity index is 2.83. The van der Waals surface area contributed by atoms with E-state index >= 15 is 0 Å². The van der Waals surface area contributed by atoms with Crippen molar-refractivity contribution in [2.75, 3.05) is 31.7 Å². The standard InChI is InChI=1S/C10H16N6O3/c1-6-8(16(18)19)9(14-10(11)13-6)12-5-4-7(17)15(2)3/h4-5H2,1-3H3,(H3,11,12,13,14). The molecule has 0 radical (unpaired) electrons. The first-order chi connectivity index (χ1) is 8.82. The molecule has 1 rings (SSSR count). The van der Waals surface area contributed by atoms with Crippen LogP contribution in [0.4, 0.5) is 17.5 Å². The van der Waals surface area contributed by atoms with E-state index in [1.165, 1.54) is 11.8 Å². The molecule has 0 bridgehead atoms. The van der Waals surface area contributed by atoms with Gasteiger partial charge in [-0.25, -0.2) is 4.98 Å². The van der Waals surface area contributed by atoms with Gasteiger partial charge in [0.05, 0.1) is 4.92 Å². The lowest BCUT2D eigenvalue weighted by molar-refractivity contribution is -0.385. The molecule has 0 atom stereocenters. The number of amides is 1. The molecule has 0 aliphatic carbocycles. The molecule has 9 heteroatoms. The molecular weight excluding hydrogens is 252 g/mol. The van der Waals surface area contributed by atoms with Crippen LogP contribution in [0.1, 0.15) is 12.1 Å². The van der Waals surface area contributed by atoms with E-state index < -0.39 is 4.92 Å². The van der Waals surface area contributed by atoms with Gasteiger partial charge in [0.25, 0.3) is 0 Å². The lowest BCUT2D eigenvalue weighted by atomic mass is 10.3. The number of anilines is 2. The van der Waals surface area contributed by atoms with E-state index in [2.05, 4.69) is 15.3 Å². The molecule has 0 aromatic carbocycles. The number of hydrogen-bond acceptors (Lipinski definition) is 7. The Hall–Kier alpha value is -2.45. The average molecular weight is 268 g/mol. The molecule has 1 aromatic rings. The zero-order chi connectivity index (χ0) is 14.6. The van der Waals surface area contributed by atoms with E-state index in [0.29, 0.717) is 0 Å². The maximum Gasteiger partial charge on any atom is 0.332 e. The molecular formula is C10H16N6O3. The lowest BCUT2D eigenvalue weighted by Crippen LogP contribution is -2.24. The maximum atomic E-state index is 11.4. The summed E-state index contributed by atoms with van der Waals surface area (Å²) >= 11 is 0. The number of rotatable bonds is 5. The first kappa shape index (κ1) is 14.6. The molecule has 0 aliphatic rings. The molecule has 0 saturated carbocycles. The van der Waals surface area contributed by atoms with Crippen LogP contribution in [0.2, 0.25) is 0 Å². The zero-order valence-electron chi connectivity index (χ0n) is 11.0. The van der Waals surface area contributed by atoms with Crippen LogP contribution < -0.4 is 11.1 Å². The number of aromatic nitrogens is 2. The van der Waals surface area contributed by atoms with Crippen molar-refractivity contribution in [3.63, 3.8) is 0 Å². The van der Waals surface area contributed by atoms with Crippen molar-refractivity contribution in [3.05, 3.63) is 15.8 Å². The van der Waals surface area contributed by atoms with Gasteiger partial charge < -0.3 is 16.0 Å². The Morgan fingerprint density at radius 1 is 1.47 bits per heavy atom. The highest BCUT2D eigenvalue weighted by molar-refractivity contribution is 5.76. The van der Waals surface area contributed by atoms with E-state index in [9.17, 15) is 14.9 Å². The van der Waals surface area contributed by atoms with Crippen LogP contribution in [0.5, 0.6) is 0 Å². The lowest BCUT2D eigenvalue weighted by Gasteiger charge is -2.11. The van der Waals surface area contributed by atoms with Crippen LogP contribution in [0.3, 0.4) is 0 Å². The van der Waals surface area contributed by atoms with Gasteiger partial charge in [-0.15, -0.1) is 0 Å². The van der Waals surface area contributed by atoms with Crippen LogP contribution in [0, 0.1) is 17.0 Å². The molecule has 0 unspecified atom stereocenters. The van der Waals surface area contributed by atoms with Gasteiger partial charge in [0.1, 0.15) is 5.69 Å². The van der Waals surface area contributed by atoms with Gasteiger partial charge in [-0.1, -0.05) is 0 Å². The second-order valence-electron chi connectivity index (χ2n) is 4.09. The summed E-state index contributed by atoms with van der Waals surface area (Å²) in [6.07, 6.45) is 0.201. The van der Waals surface area contributed by atoms with Crippen LogP contribution >= 0.6 is 0 Å². The molecule has 104 valence electrons. The van der Waals surface area contributed by atoms with Crippen LogP contribution in [0.15, 0.2) is 0 Å². The molecule has 9 nitrogen and oxygen atoms in total. The summed E-state index contributed by atoms with van der Waals surface area (Å²) < 4.78 is 0. The molecule has 0 fully saturated rings. The summed E-state index contributed by atoms with van der Waals surface area (Å²) in [7, 11) is 3.27. The van der Waals surface area contributed by atoms with Gasteiger partial charge in [0.15, 0.2) is 0 Å². The molecule has 1 heterocycles. The quantitative estimate of drug-likeness (QED) is 0.575. The smallest absolute Gasteiger partial charge is 0.332 e. The molecule has 0 aliphatic heterocycles. The monoisotopic (exact) mass is 268 g/mol. The third-order valence-electron chi connectivity index (χ3n) is 2.39. The predicted octanol–water partition coefficient (Wildman–Crippen LogP) is 0.166. The number of nitrogens with one attached hydrogen (secondary N) is 1. The largest absolute Gasteiger partial charge is 0.368 e. The molecule has 0 spiro atoms. The van der Waals surface area contributed by atoms with E-state index in [4.69, 9.17) is 5.73 Å². The minimum atomic E-state index is -0.578. The predicted molar refractivity (Wildman–Crippen MR) is 69.6 cm³/mol. The molecule has 3 N–H and O–H groups in total. The fourth-order valence-electron chi connectivity index (χ4n) is 1.44. The minimum Gasteiger partial charge on any atom is -0.368 e. The van der Waals surface area contributed by atoms with Gasteiger partial charge in [-0.3, -0.25) is 14.9 Å². The van der Waals surface area contributed by atoms with Gasteiger partial charge in [-0.2, -0.15) is 4.98 Å². The average Bonchev–Trinajstić information content (AvgIpc) is 2.26. The number of carbonyl (C=O) groups excluding carboxylic acids is 1. The van der Waals surface area contributed by atoms with Crippen LogP contribution in [0.25, 0.3) is 0 Å².